The Kier molecular flexibility index (Phi) is 4.78. The lowest BCUT2D eigenvalue weighted by Gasteiger charge is -2.18. The molecule has 2 aromatic rings. The van der Waals surface area contributed by atoms with Gasteiger partial charge in [-0.25, -0.2) is 4.90 Å². The molecule has 124 valence electrons. The van der Waals surface area contributed by atoms with Crippen molar-refractivity contribution >= 4 is 50.7 Å². The first-order valence-corrected chi connectivity index (χ1v) is 8.39. The standard InChI is InChI=1S/C17H14BrClN2O3/c1-24-15-7-6-10(19)8-12(15)20-13-9-16(22)21(17(13)23)14-5-3-2-4-11(14)18/h2-8,13,20H,9H2,1H3/t13-/m0/s1. The van der Waals surface area contributed by atoms with Crippen molar-refractivity contribution < 1.29 is 14.3 Å². The SMILES string of the molecule is COc1ccc(Cl)cc1N[C@H]1CC(=O)N(c2ccccc2Br)C1=O. The summed E-state index contributed by atoms with van der Waals surface area (Å²) in [4.78, 5) is 26.2. The van der Waals surface area contributed by atoms with Crippen LogP contribution < -0.4 is 15.0 Å². The number of carbonyl (C=O) groups is 2. The number of halogens is 2. The Balaban J connectivity index is 1.88. The molecule has 1 heterocycles. The molecule has 1 aliphatic heterocycles. The average Bonchev–Trinajstić information content (AvgIpc) is 2.82. The normalized spacial score (nSPS) is 17.3. The molecule has 0 aromatic heterocycles. The van der Waals surface area contributed by atoms with Gasteiger partial charge in [0.1, 0.15) is 11.8 Å². The number of anilines is 2. The number of para-hydroxylation sites is 1. The second kappa shape index (κ2) is 6.83. The molecule has 0 spiro atoms. The fourth-order valence-corrected chi connectivity index (χ4v) is 3.25. The average molecular weight is 410 g/mol. The maximum Gasteiger partial charge on any atom is 0.256 e. The number of carbonyl (C=O) groups excluding carboxylic acids is 2. The van der Waals surface area contributed by atoms with E-state index < -0.39 is 6.04 Å². The Morgan fingerprint density at radius 3 is 2.71 bits per heavy atom. The van der Waals surface area contributed by atoms with Crippen LogP contribution in [0.4, 0.5) is 11.4 Å². The van der Waals surface area contributed by atoms with E-state index in [-0.39, 0.29) is 18.2 Å². The first-order valence-electron chi connectivity index (χ1n) is 7.22. The van der Waals surface area contributed by atoms with Crippen LogP contribution in [-0.4, -0.2) is 25.0 Å². The zero-order valence-corrected chi connectivity index (χ0v) is 15.1. The molecule has 1 N–H and O–H groups in total. The van der Waals surface area contributed by atoms with Gasteiger partial charge >= 0.3 is 0 Å². The van der Waals surface area contributed by atoms with Gasteiger partial charge in [0.2, 0.25) is 5.91 Å². The minimum Gasteiger partial charge on any atom is -0.495 e. The largest absolute Gasteiger partial charge is 0.495 e. The summed E-state index contributed by atoms with van der Waals surface area (Å²) in [5.41, 5.74) is 1.11. The fraction of sp³-hybridized carbons (Fsp3) is 0.176. The van der Waals surface area contributed by atoms with Crippen molar-refractivity contribution in [1.82, 2.24) is 0 Å². The molecule has 0 radical (unpaired) electrons. The Morgan fingerprint density at radius 2 is 2.00 bits per heavy atom. The lowest BCUT2D eigenvalue weighted by Crippen LogP contribution is -2.35. The second-order valence-corrected chi connectivity index (χ2v) is 6.56. The summed E-state index contributed by atoms with van der Waals surface area (Å²) in [6.45, 7) is 0. The Labute approximate surface area is 152 Å². The number of rotatable bonds is 4. The van der Waals surface area contributed by atoms with Crippen LogP contribution in [0.15, 0.2) is 46.9 Å². The molecule has 7 heteroatoms. The van der Waals surface area contributed by atoms with Crippen molar-refractivity contribution in [3.05, 3.63) is 52.0 Å². The van der Waals surface area contributed by atoms with E-state index in [1.165, 1.54) is 12.0 Å². The lowest BCUT2D eigenvalue weighted by atomic mass is 10.2. The molecule has 0 unspecified atom stereocenters. The summed E-state index contributed by atoms with van der Waals surface area (Å²) >= 11 is 9.38. The van der Waals surface area contributed by atoms with Gasteiger partial charge in [0, 0.05) is 9.50 Å². The summed E-state index contributed by atoms with van der Waals surface area (Å²) in [6.07, 6.45) is 0.0653. The summed E-state index contributed by atoms with van der Waals surface area (Å²) in [5.74, 6) is -0.0154. The quantitative estimate of drug-likeness (QED) is 0.779. The predicted octanol–water partition coefficient (Wildman–Crippen LogP) is 3.86. The molecule has 0 bridgehead atoms. The summed E-state index contributed by atoms with van der Waals surface area (Å²) in [6, 6.07) is 11.5. The molecule has 1 fully saturated rings. The summed E-state index contributed by atoms with van der Waals surface area (Å²) in [7, 11) is 1.53. The maximum absolute atomic E-state index is 12.7. The number of imide groups is 1. The van der Waals surface area contributed by atoms with E-state index in [1.807, 2.05) is 6.07 Å². The number of nitrogens with zero attached hydrogens (tertiary/aromatic N) is 1. The molecule has 0 aliphatic carbocycles. The summed E-state index contributed by atoms with van der Waals surface area (Å²) in [5, 5.41) is 3.58. The van der Waals surface area contributed by atoms with Gasteiger partial charge in [-0.05, 0) is 46.3 Å². The number of nitrogens with one attached hydrogen (secondary N) is 1. The smallest absolute Gasteiger partial charge is 0.256 e. The molecule has 1 aliphatic rings. The second-order valence-electron chi connectivity index (χ2n) is 5.26. The minimum atomic E-state index is -0.669. The van der Waals surface area contributed by atoms with Crippen molar-refractivity contribution in [2.45, 2.75) is 12.5 Å². The van der Waals surface area contributed by atoms with Gasteiger partial charge in [0.05, 0.1) is 24.9 Å². The highest BCUT2D eigenvalue weighted by atomic mass is 79.9. The van der Waals surface area contributed by atoms with Gasteiger partial charge in [-0.3, -0.25) is 9.59 Å². The van der Waals surface area contributed by atoms with E-state index in [9.17, 15) is 9.59 Å². The molecule has 1 atom stereocenters. The number of hydrogen-bond acceptors (Lipinski definition) is 4. The highest BCUT2D eigenvalue weighted by Gasteiger charge is 2.40. The Bertz CT molecular complexity index is 812. The maximum atomic E-state index is 12.7. The highest BCUT2D eigenvalue weighted by Crippen LogP contribution is 2.33. The van der Waals surface area contributed by atoms with Gasteiger partial charge in [-0.2, -0.15) is 0 Å². The van der Waals surface area contributed by atoms with Crippen molar-refractivity contribution in [2.75, 3.05) is 17.3 Å². The van der Waals surface area contributed by atoms with Crippen LogP contribution in [0.2, 0.25) is 5.02 Å². The van der Waals surface area contributed by atoms with Gasteiger partial charge in [-0.15, -0.1) is 0 Å². The topological polar surface area (TPSA) is 58.6 Å². The monoisotopic (exact) mass is 408 g/mol. The summed E-state index contributed by atoms with van der Waals surface area (Å²) < 4.78 is 5.95. The third-order valence-corrected chi connectivity index (χ3v) is 4.64. The molecule has 5 nitrogen and oxygen atoms in total. The van der Waals surface area contributed by atoms with Crippen molar-refractivity contribution in [3.63, 3.8) is 0 Å². The van der Waals surface area contributed by atoms with E-state index in [4.69, 9.17) is 16.3 Å². The van der Waals surface area contributed by atoms with E-state index in [2.05, 4.69) is 21.2 Å². The van der Waals surface area contributed by atoms with Gasteiger partial charge in [0.15, 0.2) is 0 Å². The van der Waals surface area contributed by atoms with Crippen molar-refractivity contribution in [1.29, 1.82) is 0 Å². The number of benzene rings is 2. The number of ether oxygens (including phenoxy) is 1. The van der Waals surface area contributed by atoms with E-state index >= 15 is 0 Å². The Hall–Kier alpha value is -2.05. The zero-order chi connectivity index (χ0) is 17.3. The Morgan fingerprint density at radius 1 is 1.25 bits per heavy atom. The van der Waals surface area contributed by atoms with Crippen LogP contribution >= 0.6 is 27.5 Å². The highest BCUT2D eigenvalue weighted by molar-refractivity contribution is 9.10. The van der Waals surface area contributed by atoms with Crippen LogP contribution in [0.3, 0.4) is 0 Å². The van der Waals surface area contributed by atoms with Crippen LogP contribution in [0.5, 0.6) is 5.75 Å². The first kappa shape index (κ1) is 16.8. The number of hydrogen-bond donors (Lipinski definition) is 1. The van der Waals surface area contributed by atoms with E-state index in [0.29, 0.717) is 26.6 Å². The van der Waals surface area contributed by atoms with Crippen molar-refractivity contribution in [3.8, 4) is 5.75 Å². The molecule has 0 saturated carbocycles. The minimum absolute atomic E-state index is 0.0653. The third kappa shape index (κ3) is 3.12. The number of methoxy groups -OCH3 is 1. The molecular formula is C17H14BrClN2O3. The zero-order valence-electron chi connectivity index (χ0n) is 12.8. The van der Waals surface area contributed by atoms with Crippen LogP contribution in [-0.2, 0) is 9.59 Å². The predicted molar refractivity (Wildman–Crippen MR) is 96.7 cm³/mol. The first-order chi connectivity index (χ1) is 11.5. The fourth-order valence-electron chi connectivity index (χ4n) is 2.61. The third-order valence-electron chi connectivity index (χ3n) is 3.73. The van der Waals surface area contributed by atoms with Gasteiger partial charge in [-0.1, -0.05) is 23.7 Å². The number of amides is 2. The molecule has 3 rings (SSSR count). The molecule has 2 amide bonds. The molecule has 1 saturated heterocycles. The van der Waals surface area contributed by atoms with Gasteiger partial charge < -0.3 is 10.1 Å². The van der Waals surface area contributed by atoms with E-state index in [0.717, 1.165) is 0 Å². The lowest BCUT2D eigenvalue weighted by molar-refractivity contribution is -0.121. The molecule has 24 heavy (non-hydrogen) atoms. The van der Waals surface area contributed by atoms with Crippen LogP contribution in [0.25, 0.3) is 0 Å². The van der Waals surface area contributed by atoms with Crippen LogP contribution in [0.1, 0.15) is 6.42 Å². The van der Waals surface area contributed by atoms with E-state index in [1.54, 1.807) is 36.4 Å². The van der Waals surface area contributed by atoms with Crippen molar-refractivity contribution in [2.24, 2.45) is 0 Å². The molecular weight excluding hydrogens is 396 g/mol. The van der Waals surface area contributed by atoms with Gasteiger partial charge in [0.25, 0.3) is 5.91 Å². The molecule has 2 aromatic carbocycles. The van der Waals surface area contributed by atoms with Crippen LogP contribution in [0, 0.1) is 0 Å².